The lowest BCUT2D eigenvalue weighted by Gasteiger charge is -1.91. The summed E-state index contributed by atoms with van der Waals surface area (Å²) in [7, 11) is -0.927. The van der Waals surface area contributed by atoms with Gasteiger partial charge < -0.3 is 5.11 Å². The van der Waals surface area contributed by atoms with Crippen molar-refractivity contribution in [3.63, 3.8) is 0 Å². The van der Waals surface area contributed by atoms with Gasteiger partial charge in [-0.25, -0.2) is 9.59 Å². The number of allylic oxidation sites excluding steroid dienone is 2. The Hall–Kier alpha value is -1.12. The van der Waals surface area contributed by atoms with Gasteiger partial charge in [-0.2, -0.15) is 0 Å². The Labute approximate surface area is 59.6 Å². The van der Waals surface area contributed by atoms with Gasteiger partial charge in [-0.3, -0.25) is 0 Å². The number of carboxylic acids is 1. The van der Waals surface area contributed by atoms with Crippen LogP contribution in [0.5, 0.6) is 0 Å². The molecule has 0 amide bonds. The summed E-state index contributed by atoms with van der Waals surface area (Å²) in [6, 6.07) is 0. The molecule has 0 radical (unpaired) electrons. The molecule has 1 unspecified atom stereocenters. The first kappa shape index (κ1) is 6.99. The number of carboxylic acid groups (broad SMARTS) is 1. The molecule has 1 atom stereocenters. The summed E-state index contributed by atoms with van der Waals surface area (Å²) in [6.07, 6.45) is 2.97. The van der Waals surface area contributed by atoms with Crippen LogP contribution < -0.4 is 0 Å². The maximum Gasteiger partial charge on any atom is 0.342 e. The van der Waals surface area contributed by atoms with E-state index in [1.165, 1.54) is 11.5 Å². The second-order valence-electron chi connectivity index (χ2n) is 1.59. The minimum absolute atomic E-state index is 0.120. The fraction of sp³-hybridized carbons (Fsp3) is 0. The molecule has 1 N–H and O–H groups in total. The highest BCUT2D eigenvalue weighted by Gasteiger charge is 2.12. The van der Waals surface area contributed by atoms with E-state index in [0.717, 1.165) is 0 Å². The molecule has 0 aromatic rings. The molecule has 0 saturated carbocycles. The summed E-state index contributed by atoms with van der Waals surface area (Å²) >= 11 is 0. The van der Waals surface area contributed by atoms with Gasteiger partial charge in [0.2, 0.25) is 0 Å². The molecule has 1 heterocycles. The van der Waals surface area contributed by atoms with Crippen LogP contribution in [-0.2, 0) is 9.59 Å². The van der Waals surface area contributed by atoms with Crippen LogP contribution in [0.1, 0.15) is 0 Å². The molecule has 0 aliphatic carbocycles. The van der Waals surface area contributed by atoms with Gasteiger partial charge in [-0.05, 0) is 22.0 Å². The second-order valence-corrected chi connectivity index (χ2v) is 3.14. The maximum absolute atomic E-state index is 10.3. The van der Waals surface area contributed by atoms with Crippen LogP contribution in [-0.4, -0.2) is 16.3 Å². The molecule has 1 aliphatic heterocycles. The van der Waals surface area contributed by atoms with E-state index in [-0.39, 0.29) is 4.91 Å². The van der Waals surface area contributed by atoms with Crippen LogP contribution >= 0.6 is 10.5 Å². The molecule has 0 saturated heterocycles. The fourth-order valence-electron chi connectivity index (χ4n) is 0.590. The average Bonchev–Trinajstić information content (AvgIpc) is 2.33. The molecule has 3 nitrogen and oxygen atoms in total. The predicted molar refractivity (Wildman–Crippen MR) is 38.1 cm³/mol. The van der Waals surface area contributed by atoms with Gasteiger partial charge in [0.05, 0.1) is 0 Å². The van der Waals surface area contributed by atoms with E-state index in [9.17, 15) is 9.59 Å². The number of carbonyl (C=O) groups excluding carboxylic acids is 1. The quantitative estimate of drug-likeness (QED) is 0.572. The Balaban J connectivity index is 3.04. The van der Waals surface area contributed by atoms with Gasteiger partial charge in [0.15, 0.2) is 5.23 Å². The second kappa shape index (κ2) is 2.64. The molecule has 0 aromatic carbocycles. The summed E-state index contributed by atoms with van der Waals surface area (Å²) in [5, 5.41) is 11.6. The summed E-state index contributed by atoms with van der Waals surface area (Å²) in [5.41, 5.74) is 0. The van der Waals surface area contributed by atoms with Crippen LogP contribution in [0.3, 0.4) is 0 Å². The van der Waals surface area contributed by atoms with Crippen molar-refractivity contribution in [2.75, 3.05) is 0 Å². The van der Waals surface area contributed by atoms with E-state index >= 15 is 0 Å². The smallest absolute Gasteiger partial charge is 0.342 e. The Morgan fingerprint density at radius 2 is 2.40 bits per heavy atom. The third-order valence-electron chi connectivity index (χ3n) is 1.000. The zero-order valence-corrected chi connectivity index (χ0v) is 5.72. The number of hydrogen-bond acceptors (Lipinski definition) is 2. The van der Waals surface area contributed by atoms with Gasteiger partial charge in [0, 0.05) is 0 Å². The summed E-state index contributed by atoms with van der Waals surface area (Å²) in [6.45, 7) is 0. The number of aliphatic carboxylic acids is 1. The van der Waals surface area contributed by atoms with E-state index in [2.05, 4.69) is 0 Å². The van der Waals surface area contributed by atoms with Gasteiger partial charge in [0.25, 0.3) is 0 Å². The number of carbonyl (C=O) groups is 1. The van der Waals surface area contributed by atoms with Crippen molar-refractivity contribution >= 4 is 21.7 Å². The Morgan fingerprint density at radius 3 is 2.80 bits per heavy atom. The molecule has 0 aromatic heterocycles. The lowest BCUT2D eigenvalue weighted by Crippen LogP contribution is -1.94. The van der Waals surface area contributed by atoms with Crippen LogP contribution in [0.25, 0.3) is 0 Å². The molecule has 0 fully saturated rings. The predicted octanol–water partition coefficient (Wildman–Crippen LogP) is 0.818. The molecule has 1 rings (SSSR count). The zero-order valence-electron chi connectivity index (χ0n) is 4.90. The molecule has 1 aliphatic rings. The number of rotatable bonds is 1. The van der Waals surface area contributed by atoms with E-state index < -0.39 is 16.5 Å². The Kier molecular flexibility index (Phi) is 1.85. The third kappa shape index (κ3) is 1.07. The molecule has 4 heteroatoms. The lowest BCUT2D eigenvalue weighted by molar-refractivity contribution is -0.131. The molecule has 0 spiro atoms. The highest BCUT2D eigenvalue weighted by atomic mass is 32.2. The summed E-state index contributed by atoms with van der Waals surface area (Å²) < 4.78 is 0. The topological polar surface area (TPSA) is 54.4 Å². The van der Waals surface area contributed by atoms with E-state index in [1.807, 2.05) is 0 Å². The molecular weight excluding hydrogens is 152 g/mol. The van der Waals surface area contributed by atoms with Crippen LogP contribution in [0.2, 0.25) is 0 Å². The standard InChI is InChI=1S/C6H4O3S/c7-4-10-3-1-2-5(10)6(8)9/h1-3H,(H,8,9). The first-order valence-corrected chi connectivity index (χ1v) is 3.77. The van der Waals surface area contributed by atoms with Crippen LogP contribution in [0, 0.1) is 0 Å². The first-order valence-electron chi connectivity index (χ1n) is 2.48. The summed E-state index contributed by atoms with van der Waals surface area (Å²) in [4.78, 5) is 20.5. The highest BCUT2D eigenvalue weighted by molar-refractivity contribution is 8.21. The molecule has 52 valence electrons. The van der Waals surface area contributed by atoms with Crippen molar-refractivity contribution in [3.05, 3.63) is 22.5 Å². The van der Waals surface area contributed by atoms with Crippen molar-refractivity contribution in [1.82, 2.24) is 0 Å². The minimum atomic E-state index is -1.04. The SMILES string of the molecule is O=C=S1C=CC=C1C(=O)O. The average molecular weight is 156 g/mol. The molecule has 10 heavy (non-hydrogen) atoms. The van der Waals surface area contributed by atoms with Crippen molar-refractivity contribution in [2.24, 2.45) is 0 Å². The van der Waals surface area contributed by atoms with Crippen molar-refractivity contribution < 1.29 is 14.7 Å². The van der Waals surface area contributed by atoms with E-state index in [4.69, 9.17) is 5.11 Å². The highest BCUT2D eigenvalue weighted by Crippen LogP contribution is 2.29. The maximum atomic E-state index is 10.3. The monoisotopic (exact) mass is 156 g/mol. The molecule has 0 bridgehead atoms. The van der Waals surface area contributed by atoms with Gasteiger partial charge in [-0.1, -0.05) is 6.08 Å². The van der Waals surface area contributed by atoms with Crippen LogP contribution in [0.15, 0.2) is 22.5 Å². The minimum Gasteiger partial charge on any atom is -0.477 e. The van der Waals surface area contributed by atoms with E-state index in [1.54, 1.807) is 11.3 Å². The normalized spacial score (nSPS) is 22.0. The molecular formula is C6H4O3S. The van der Waals surface area contributed by atoms with Crippen molar-refractivity contribution in [1.29, 1.82) is 0 Å². The van der Waals surface area contributed by atoms with Gasteiger partial charge >= 0.3 is 5.97 Å². The van der Waals surface area contributed by atoms with E-state index in [0.29, 0.717) is 0 Å². The third-order valence-corrected chi connectivity index (χ3v) is 2.39. The van der Waals surface area contributed by atoms with Gasteiger partial charge in [0.1, 0.15) is 4.91 Å². The Bertz CT molecular complexity index is 281. The number of hydrogen-bond donors (Lipinski definition) is 1. The van der Waals surface area contributed by atoms with Crippen LogP contribution in [0.4, 0.5) is 0 Å². The van der Waals surface area contributed by atoms with Gasteiger partial charge in [-0.15, -0.1) is 0 Å². The summed E-state index contributed by atoms with van der Waals surface area (Å²) in [5.74, 6) is -1.04. The first-order chi connectivity index (χ1) is 4.75. The van der Waals surface area contributed by atoms with Crippen molar-refractivity contribution in [2.45, 2.75) is 0 Å². The Morgan fingerprint density at radius 1 is 1.70 bits per heavy atom. The largest absolute Gasteiger partial charge is 0.477 e. The lowest BCUT2D eigenvalue weighted by atomic mass is 10.5. The zero-order chi connectivity index (χ0) is 7.56. The fourth-order valence-corrected chi connectivity index (χ4v) is 1.53. The van der Waals surface area contributed by atoms with Crippen molar-refractivity contribution in [3.8, 4) is 0 Å².